The highest BCUT2D eigenvalue weighted by molar-refractivity contribution is 9.10. The number of halogens is 1. The van der Waals surface area contributed by atoms with Crippen molar-refractivity contribution in [2.75, 3.05) is 19.5 Å². The standard InChI is InChI=1S/C14H18BrN3O2/c1-9-11(14(20-4)18(2)17-9)8-16-10-5-6-13(19-3)12(15)7-10/h5-7,16H,8H2,1-4H3. The number of hydrogen-bond donors (Lipinski definition) is 1. The highest BCUT2D eigenvalue weighted by Crippen LogP contribution is 2.28. The molecule has 0 saturated heterocycles. The number of hydrogen-bond acceptors (Lipinski definition) is 4. The number of aromatic nitrogens is 2. The van der Waals surface area contributed by atoms with Crippen LogP contribution in [-0.2, 0) is 13.6 Å². The Morgan fingerprint density at radius 1 is 1.30 bits per heavy atom. The van der Waals surface area contributed by atoms with Gasteiger partial charge >= 0.3 is 0 Å². The summed E-state index contributed by atoms with van der Waals surface area (Å²) in [6, 6.07) is 5.87. The van der Waals surface area contributed by atoms with Crippen molar-refractivity contribution >= 4 is 21.6 Å². The zero-order valence-corrected chi connectivity index (χ0v) is 13.6. The molecule has 20 heavy (non-hydrogen) atoms. The van der Waals surface area contributed by atoms with Gasteiger partial charge in [-0.05, 0) is 41.1 Å². The van der Waals surface area contributed by atoms with E-state index in [1.807, 2.05) is 32.2 Å². The third kappa shape index (κ3) is 2.90. The largest absolute Gasteiger partial charge is 0.496 e. The molecular weight excluding hydrogens is 322 g/mol. The summed E-state index contributed by atoms with van der Waals surface area (Å²) >= 11 is 3.47. The Bertz CT molecular complexity index is 611. The van der Waals surface area contributed by atoms with Gasteiger partial charge in [0.2, 0.25) is 5.88 Å². The second-order valence-electron chi connectivity index (χ2n) is 4.40. The third-order valence-electron chi connectivity index (χ3n) is 3.10. The van der Waals surface area contributed by atoms with Crippen LogP contribution < -0.4 is 14.8 Å². The Kier molecular flexibility index (Phi) is 4.54. The Balaban J connectivity index is 2.15. The minimum Gasteiger partial charge on any atom is -0.496 e. The minimum atomic E-state index is 0.654. The Hall–Kier alpha value is -1.69. The van der Waals surface area contributed by atoms with E-state index in [1.165, 1.54) is 0 Å². The van der Waals surface area contributed by atoms with E-state index in [1.54, 1.807) is 18.9 Å². The number of nitrogens with one attached hydrogen (secondary N) is 1. The number of rotatable bonds is 5. The molecule has 0 bridgehead atoms. The van der Waals surface area contributed by atoms with Crippen LogP contribution >= 0.6 is 15.9 Å². The van der Waals surface area contributed by atoms with Gasteiger partial charge in [0.15, 0.2) is 0 Å². The molecule has 0 aliphatic carbocycles. The van der Waals surface area contributed by atoms with E-state index in [0.29, 0.717) is 6.54 Å². The van der Waals surface area contributed by atoms with Gasteiger partial charge in [-0.15, -0.1) is 0 Å². The second-order valence-corrected chi connectivity index (χ2v) is 5.25. The van der Waals surface area contributed by atoms with Crippen molar-refractivity contribution in [2.24, 2.45) is 7.05 Å². The van der Waals surface area contributed by atoms with Gasteiger partial charge in [0.1, 0.15) is 5.75 Å². The van der Waals surface area contributed by atoms with E-state index < -0.39 is 0 Å². The Morgan fingerprint density at radius 3 is 2.65 bits per heavy atom. The lowest BCUT2D eigenvalue weighted by Crippen LogP contribution is -2.03. The Labute approximate surface area is 127 Å². The molecule has 0 radical (unpaired) electrons. The summed E-state index contributed by atoms with van der Waals surface area (Å²) < 4.78 is 13.3. The van der Waals surface area contributed by atoms with Crippen LogP contribution in [-0.4, -0.2) is 24.0 Å². The average molecular weight is 340 g/mol. The van der Waals surface area contributed by atoms with E-state index in [4.69, 9.17) is 9.47 Å². The molecule has 0 aliphatic heterocycles. The maximum atomic E-state index is 5.38. The second kappa shape index (κ2) is 6.17. The predicted octanol–water partition coefficient (Wildman–Crippen LogP) is 3.12. The lowest BCUT2D eigenvalue weighted by atomic mass is 10.2. The third-order valence-corrected chi connectivity index (χ3v) is 3.72. The lowest BCUT2D eigenvalue weighted by Gasteiger charge is -2.10. The molecule has 1 aromatic heterocycles. The average Bonchev–Trinajstić information content (AvgIpc) is 2.70. The molecule has 0 spiro atoms. The summed E-state index contributed by atoms with van der Waals surface area (Å²) in [4.78, 5) is 0. The SMILES string of the molecule is COc1ccc(NCc2c(C)nn(C)c2OC)cc1Br. The van der Waals surface area contributed by atoms with Crippen molar-refractivity contribution in [3.8, 4) is 11.6 Å². The molecule has 0 saturated carbocycles. The monoisotopic (exact) mass is 339 g/mol. The van der Waals surface area contributed by atoms with Crippen LogP contribution in [0.5, 0.6) is 11.6 Å². The zero-order chi connectivity index (χ0) is 14.7. The predicted molar refractivity (Wildman–Crippen MR) is 82.5 cm³/mol. The molecule has 5 nitrogen and oxygen atoms in total. The first-order valence-corrected chi connectivity index (χ1v) is 7.00. The summed E-state index contributed by atoms with van der Waals surface area (Å²) in [5.41, 5.74) is 3.02. The number of nitrogens with zero attached hydrogens (tertiary/aromatic N) is 2. The fourth-order valence-electron chi connectivity index (χ4n) is 2.11. The van der Waals surface area contributed by atoms with Crippen molar-refractivity contribution in [1.82, 2.24) is 9.78 Å². The fraction of sp³-hybridized carbons (Fsp3) is 0.357. The molecule has 1 aromatic carbocycles. The fourth-order valence-corrected chi connectivity index (χ4v) is 2.65. The van der Waals surface area contributed by atoms with Gasteiger partial charge in [0.25, 0.3) is 0 Å². The van der Waals surface area contributed by atoms with Crippen LogP contribution in [0.1, 0.15) is 11.3 Å². The van der Waals surface area contributed by atoms with Crippen LogP contribution in [0, 0.1) is 6.92 Å². The molecule has 1 N–H and O–H groups in total. The maximum Gasteiger partial charge on any atom is 0.216 e. The van der Waals surface area contributed by atoms with Gasteiger partial charge in [-0.25, -0.2) is 4.68 Å². The van der Waals surface area contributed by atoms with E-state index in [9.17, 15) is 0 Å². The van der Waals surface area contributed by atoms with Crippen molar-refractivity contribution in [3.63, 3.8) is 0 Å². The molecule has 0 fully saturated rings. The van der Waals surface area contributed by atoms with Gasteiger partial charge in [0, 0.05) is 19.3 Å². The van der Waals surface area contributed by atoms with Crippen molar-refractivity contribution < 1.29 is 9.47 Å². The van der Waals surface area contributed by atoms with Crippen LogP contribution in [0.15, 0.2) is 22.7 Å². The first kappa shape index (κ1) is 14.7. The quantitative estimate of drug-likeness (QED) is 0.909. The summed E-state index contributed by atoms with van der Waals surface area (Å²) in [6.07, 6.45) is 0. The molecule has 0 unspecified atom stereocenters. The lowest BCUT2D eigenvalue weighted by molar-refractivity contribution is 0.370. The van der Waals surface area contributed by atoms with Gasteiger partial charge in [0.05, 0.1) is 29.9 Å². The molecule has 2 rings (SSSR count). The molecule has 108 valence electrons. The van der Waals surface area contributed by atoms with Crippen LogP contribution in [0.2, 0.25) is 0 Å². The summed E-state index contributed by atoms with van der Waals surface area (Å²) in [5.74, 6) is 1.59. The van der Waals surface area contributed by atoms with Gasteiger partial charge in [-0.1, -0.05) is 0 Å². The number of methoxy groups -OCH3 is 2. The maximum absolute atomic E-state index is 5.38. The molecule has 0 aliphatic rings. The molecule has 2 aromatic rings. The van der Waals surface area contributed by atoms with Crippen LogP contribution in [0.3, 0.4) is 0 Å². The van der Waals surface area contributed by atoms with Crippen LogP contribution in [0.25, 0.3) is 0 Å². The highest BCUT2D eigenvalue weighted by atomic mass is 79.9. The first-order valence-electron chi connectivity index (χ1n) is 6.20. The summed E-state index contributed by atoms with van der Waals surface area (Å²) in [6.45, 7) is 2.63. The van der Waals surface area contributed by atoms with E-state index in [-0.39, 0.29) is 0 Å². The summed E-state index contributed by atoms with van der Waals surface area (Å²) in [7, 11) is 5.18. The Morgan fingerprint density at radius 2 is 2.05 bits per heavy atom. The number of ether oxygens (including phenoxy) is 2. The molecule has 6 heteroatoms. The molecule has 0 amide bonds. The van der Waals surface area contributed by atoms with Crippen molar-refractivity contribution in [3.05, 3.63) is 33.9 Å². The molecular formula is C14H18BrN3O2. The molecule has 1 heterocycles. The zero-order valence-electron chi connectivity index (χ0n) is 12.0. The van der Waals surface area contributed by atoms with E-state index >= 15 is 0 Å². The van der Waals surface area contributed by atoms with Crippen molar-refractivity contribution in [2.45, 2.75) is 13.5 Å². The smallest absolute Gasteiger partial charge is 0.216 e. The summed E-state index contributed by atoms with van der Waals surface area (Å²) in [5, 5.41) is 7.72. The van der Waals surface area contributed by atoms with Crippen LogP contribution in [0.4, 0.5) is 5.69 Å². The van der Waals surface area contributed by atoms with E-state index in [0.717, 1.165) is 33.0 Å². The van der Waals surface area contributed by atoms with E-state index in [2.05, 4.69) is 26.3 Å². The van der Waals surface area contributed by atoms with Gasteiger partial charge in [-0.2, -0.15) is 5.10 Å². The first-order chi connectivity index (χ1) is 9.56. The van der Waals surface area contributed by atoms with Gasteiger partial charge < -0.3 is 14.8 Å². The van der Waals surface area contributed by atoms with Crippen molar-refractivity contribution in [1.29, 1.82) is 0 Å². The highest BCUT2D eigenvalue weighted by Gasteiger charge is 2.13. The number of aryl methyl sites for hydroxylation is 2. The molecule has 0 atom stereocenters. The topological polar surface area (TPSA) is 48.3 Å². The van der Waals surface area contributed by atoms with Gasteiger partial charge in [-0.3, -0.25) is 0 Å². The number of anilines is 1. The normalized spacial score (nSPS) is 10.4. The number of benzene rings is 1. The minimum absolute atomic E-state index is 0.654.